The minimum atomic E-state index is 0.0144. The minimum Gasteiger partial charge on any atom is -0.493 e. The molecule has 0 saturated carbocycles. The van der Waals surface area contributed by atoms with E-state index in [1.807, 2.05) is 30.5 Å². The quantitative estimate of drug-likeness (QED) is 0.580. The third-order valence-corrected chi connectivity index (χ3v) is 5.64. The molecule has 1 atom stereocenters. The Balaban J connectivity index is 1.40. The van der Waals surface area contributed by atoms with Crippen molar-refractivity contribution >= 4 is 11.7 Å². The number of hydrogen-bond acceptors (Lipinski definition) is 7. The van der Waals surface area contributed by atoms with Gasteiger partial charge in [-0.3, -0.25) is 9.36 Å². The Morgan fingerprint density at radius 1 is 1.16 bits per heavy atom. The number of hydrogen-bond donors (Lipinski definition) is 1. The van der Waals surface area contributed by atoms with Crippen LogP contribution in [0.25, 0.3) is 5.95 Å². The highest BCUT2D eigenvalue weighted by Crippen LogP contribution is 2.28. The van der Waals surface area contributed by atoms with Crippen molar-refractivity contribution < 1.29 is 14.3 Å². The topological polar surface area (TPSA) is 94.4 Å². The first-order chi connectivity index (χ1) is 15.7. The molecule has 1 unspecified atom stereocenters. The van der Waals surface area contributed by atoms with Gasteiger partial charge in [-0.2, -0.15) is 4.98 Å². The lowest BCUT2D eigenvalue weighted by atomic mass is 9.99. The van der Waals surface area contributed by atoms with E-state index in [0.717, 1.165) is 37.2 Å². The van der Waals surface area contributed by atoms with Gasteiger partial charge in [-0.15, -0.1) is 0 Å². The van der Waals surface area contributed by atoms with E-state index in [9.17, 15) is 4.79 Å². The molecule has 0 spiro atoms. The number of methoxy groups -OCH3 is 2. The van der Waals surface area contributed by atoms with Crippen LogP contribution >= 0.6 is 0 Å². The molecular formula is C23H28N6O3. The number of nitrogens with zero attached hydrogens (tertiary/aromatic N) is 5. The Morgan fingerprint density at radius 3 is 2.81 bits per heavy atom. The molecule has 1 amide bonds. The second-order valence-electron chi connectivity index (χ2n) is 7.70. The van der Waals surface area contributed by atoms with Gasteiger partial charge >= 0.3 is 0 Å². The van der Waals surface area contributed by atoms with E-state index in [4.69, 9.17) is 14.5 Å². The predicted octanol–water partition coefficient (Wildman–Crippen LogP) is 2.74. The Morgan fingerprint density at radius 2 is 2.03 bits per heavy atom. The van der Waals surface area contributed by atoms with Crippen LogP contribution in [0.4, 0.5) is 5.82 Å². The van der Waals surface area contributed by atoms with E-state index in [2.05, 4.69) is 20.2 Å². The van der Waals surface area contributed by atoms with Crippen molar-refractivity contribution in [3.63, 3.8) is 0 Å². The first-order valence-electron chi connectivity index (χ1n) is 10.7. The summed E-state index contributed by atoms with van der Waals surface area (Å²) in [6.07, 6.45) is 10.5. The first-order valence-corrected chi connectivity index (χ1v) is 10.7. The van der Waals surface area contributed by atoms with Crippen molar-refractivity contribution in [3.05, 3.63) is 54.7 Å². The minimum absolute atomic E-state index is 0.0144. The van der Waals surface area contributed by atoms with Crippen LogP contribution in [0.1, 0.15) is 31.2 Å². The SMILES string of the molecule is COc1ccc(CNC(=O)CC2CCCCN2c2ccnc(-n3ccnc3)n2)cc1OC. The molecule has 3 heterocycles. The summed E-state index contributed by atoms with van der Waals surface area (Å²) in [5, 5.41) is 3.03. The molecule has 1 aliphatic rings. The van der Waals surface area contributed by atoms with Gasteiger partial charge in [-0.1, -0.05) is 6.07 Å². The number of aromatic nitrogens is 4. The standard InChI is InChI=1S/C23H28N6O3/c1-31-19-7-6-17(13-20(19)32-2)15-26-22(30)14-18-5-3-4-11-29(18)21-8-9-25-23(27-21)28-12-10-24-16-28/h6-10,12-13,16,18H,3-5,11,14-15H2,1-2H3,(H,26,30). The first kappa shape index (κ1) is 21.6. The third kappa shape index (κ3) is 4.99. The van der Waals surface area contributed by atoms with E-state index in [-0.39, 0.29) is 11.9 Å². The number of anilines is 1. The smallest absolute Gasteiger partial charge is 0.236 e. The molecule has 4 rings (SSSR count). The molecule has 1 N–H and O–H groups in total. The Kier molecular flexibility index (Phi) is 6.84. The van der Waals surface area contributed by atoms with E-state index < -0.39 is 0 Å². The molecule has 0 aliphatic carbocycles. The molecule has 168 valence electrons. The average molecular weight is 437 g/mol. The maximum atomic E-state index is 12.8. The van der Waals surface area contributed by atoms with Gasteiger partial charge in [0.25, 0.3) is 0 Å². The van der Waals surface area contributed by atoms with Crippen molar-refractivity contribution in [2.75, 3.05) is 25.7 Å². The van der Waals surface area contributed by atoms with E-state index in [1.165, 1.54) is 0 Å². The summed E-state index contributed by atoms with van der Waals surface area (Å²) in [6.45, 7) is 1.30. The highest BCUT2D eigenvalue weighted by atomic mass is 16.5. The maximum Gasteiger partial charge on any atom is 0.236 e. The van der Waals surface area contributed by atoms with Gasteiger partial charge in [-0.25, -0.2) is 9.97 Å². The lowest BCUT2D eigenvalue weighted by Crippen LogP contribution is -2.43. The Labute approximate surface area is 187 Å². The summed E-state index contributed by atoms with van der Waals surface area (Å²) >= 11 is 0. The van der Waals surface area contributed by atoms with Crippen LogP contribution < -0.4 is 19.7 Å². The van der Waals surface area contributed by atoms with Crippen LogP contribution in [0.5, 0.6) is 11.5 Å². The molecule has 1 aromatic carbocycles. The molecular weight excluding hydrogens is 408 g/mol. The molecule has 0 radical (unpaired) electrons. The van der Waals surface area contributed by atoms with Gasteiger partial charge in [0.05, 0.1) is 14.2 Å². The molecule has 32 heavy (non-hydrogen) atoms. The Hall–Kier alpha value is -3.62. The number of ether oxygens (including phenoxy) is 2. The molecule has 0 bridgehead atoms. The largest absolute Gasteiger partial charge is 0.493 e. The maximum absolute atomic E-state index is 12.8. The Bertz CT molecular complexity index is 1040. The zero-order valence-corrected chi connectivity index (χ0v) is 18.4. The van der Waals surface area contributed by atoms with Gasteiger partial charge in [0, 0.05) is 44.1 Å². The second kappa shape index (κ2) is 10.1. The number of carbonyl (C=O) groups is 1. The summed E-state index contributed by atoms with van der Waals surface area (Å²) in [6, 6.07) is 7.65. The predicted molar refractivity (Wildman–Crippen MR) is 120 cm³/mol. The number of amides is 1. The number of nitrogens with one attached hydrogen (secondary N) is 1. The van der Waals surface area contributed by atoms with Crippen molar-refractivity contribution in [3.8, 4) is 17.4 Å². The van der Waals surface area contributed by atoms with Gasteiger partial charge in [0.15, 0.2) is 11.5 Å². The van der Waals surface area contributed by atoms with Crippen LogP contribution in [0.3, 0.4) is 0 Å². The van der Waals surface area contributed by atoms with Crippen LogP contribution in [0.15, 0.2) is 49.2 Å². The van der Waals surface area contributed by atoms with Crippen molar-refractivity contribution in [1.29, 1.82) is 0 Å². The highest BCUT2D eigenvalue weighted by Gasteiger charge is 2.26. The summed E-state index contributed by atoms with van der Waals surface area (Å²) in [5.41, 5.74) is 0.956. The van der Waals surface area contributed by atoms with Crippen LogP contribution in [-0.4, -0.2) is 52.2 Å². The van der Waals surface area contributed by atoms with E-state index >= 15 is 0 Å². The molecule has 9 nitrogen and oxygen atoms in total. The summed E-state index contributed by atoms with van der Waals surface area (Å²) in [7, 11) is 3.20. The fourth-order valence-electron chi connectivity index (χ4n) is 3.99. The zero-order chi connectivity index (χ0) is 22.3. The van der Waals surface area contributed by atoms with E-state index in [0.29, 0.717) is 30.4 Å². The van der Waals surface area contributed by atoms with Gasteiger partial charge in [0.1, 0.15) is 12.1 Å². The van der Waals surface area contributed by atoms with Crippen LogP contribution in [-0.2, 0) is 11.3 Å². The molecule has 9 heteroatoms. The molecule has 3 aromatic rings. The fourth-order valence-corrected chi connectivity index (χ4v) is 3.99. The number of benzene rings is 1. The highest BCUT2D eigenvalue weighted by molar-refractivity contribution is 5.77. The average Bonchev–Trinajstić information content (AvgIpc) is 3.38. The van der Waals surface area contributed by atoms with Gasteiger partial charge in [0.2, 0.25) is 11.9 Å². The monoisotopic (exact) mass is 436 g/mol. The fraction of sp³-hybridized carbons (Fsp3) is 0.391. The zero-order valence-electron chi connectivity index (χ0n) is 18.4. The number of imidazole rings is 1. The summed E-state index contributed by atoms with van der Waals surface area (Å²) in [4.78, 5) is 28.1. The van der Waals surface area contributed by atoms with Crippen molar-refractivity contribution in [2.24, 2.45) is 0 Å². The van der Waals surface area contributed by atoms with Crippen molar-refractivity contribution in [1.82, 2.24) is 24.8 Å². The molecule has 2 aromatic heterocycles. The van der Waals surface area contributed by atoms with Gasteiger partial charge < -0.3 is 19.7 Å². The summed E-state index contributed by atoms with van der Waals surface area (Å²) < 4.78 is 12.4. The lowest BCUT2D eigenvalue weighted by Gasteiger charge is -2.36. The van der Waals surface area contributed by atoms with Crippen LogP contribution in [0, 0.1) is 0 Å². The third-order valence-electron chi connectivity index (χ3n) is 5.64. The summed E-state index contributed by atoms with van der Waals surface area (Å²) in [5.74, 6) is 2.74. The van der Waals surface area contributed by atoms with E-state index in [1.54, 1.807) is 37.5 Å². The van der Waals surface area contributed by atoms with Gasteiger partial charge in [-0.05, 0) is 43.0 Å². The number of rotatable bonds is 8. The molecule has 1 saturated heterocycles. The lowest BCUT2D eigenvalue weighted by molar-refractivity contribution is -0.121. The van der Waals surface area contributed by atoms with Crippen LogP contribution in [0.2, 0.25) is 0 Å². The number of piperidine rings is 1. The normalized spacial score (nSPS) is 15.9. The number of carbonyl (C=O) groups excluding carboxylic acids is 1. The van der Waals surface area contributed by atoms with Crippen molar-refractivity contribution in [2.45, 2.75) is 38.3 Å². The second-order valence-corrected chi connectivity index (χ2v) is 7.70. The molecule has 1 fully saturated rings. The molecule has 1 aliphatic heterocycles.